The zero-order valence-corrected chi connectivity index (χ0v) is 12.1. The van der Waals surface area contributed by atoms with Crippen LogP contribution < -0.4 is 0 Å². The van der Waals surface area contributed by atoms with E-state index in [1.165, 1.54) is 12.8 Å². The van der Waals surface area contributed by atoms with Gasteiger partial charge in [0.15, 0.2) is 0 Å². The SMILES string of the molecule is CN(CC#CCN1CCCC1)C(=O)Cc1ccccc1. The second-order valence-corrected chi connectivity index (χ2v) is 5.25. The molecular formula is C17H22N2O. The van der Waals surface area contributed by atoms with E-state index in [-0.39, 0.29) is 5.91 Å². The molecule has 0 aliphatic carbocycles. The summed E-state index contributed by atoms with van der Waals surface area (Å²) in [6.45, 7) is 3.68. The van der Waals surface area contributed by atoms with Crippen LogP contribution in [0.25, 0.3) is 0 Å². The van der Waals surface area contributed by atoms with Gasteiger partial charge in [0.1, 0.15) is 0 Å². The predicted molar refractivity (Wildman–Crippen MR) is 81.2 cm³/mol. The molecule has 1 fully saturated rings. The van der Waals surface area contributed by atoms with E-state index >= 15 is 0 Å². The molecule has 2 rings (SSSR count). The summed E-state index contributed by atoms with van der Waals surface area (Å²) in [7, 11) is 1.82. The van der Waals surface area contributed by atoms with Gasteiger partial charge < -0.3 is 4.90 Å². The quantitative estimate of drug-likeness (QED) is 0.779. The first-order valence-electron chi connectivity index (χ1n) is 7.21. The third-order valence-corrected chi connectivity index (χ3v) is 3.57. The summed E-state index contributed by atoms with van der Waals surface area (Å²) in [6.07, 6.45) is 3.03. The number of amides is 1. The molecule has 3 nitrogen and oxygen atoms in total. The average molecular weight is 270 g/mol. The number of likely N-dealkylation sites (N-methyl/N-ethyl adjacent to an activating group) is 1. The molecule has 1 heterocycles. The number of carbonyl (C=O) groups excluding carboxylic acids is 1. The third kappa shape index (κ3) is 4.71. The molecule has 0 aromatic heterocycles. The maximum Gasteiger partial charge on any atom is 0.227 e. The molecule has 1 amide bonds. The normalized spacial score (nSPS) is 14.7. The van der Waals surface area contributed by atoms with Crippen LogP contribution in [0.2, 0.25) is 0 Å². The molecule has 3 heteroatoms. The number of likely N-dealkylation sites (tertiary alicyclic amines) is 1. The molecule has 106 valence electrons. The van der Waals surface area contributed by atoms with Gasteiger partial charge in [-0.2, -0.15) is 0 Å². The third-order valence-electron chi connectivity index (χ3n) is 3.57. The van der Waals surface area contributed by atoms with Crippen molar-refractivity contribution in [1.29, 1.82) is 0 Å². The summed E-state index contributed by atoms with van der Waals surface area (Å²) in [4.78, 5) is 16.1. The van der Waals surface area contributed by atoms with E-state index in [4.69, 9.17) is 0 Å². The Morgan fingerprint density at radius 3 is 2.60 bits per heavy atom. The molecule has 1 aromatic rings. The first-order valence-corrected chi connectivity index (χ1v) is 7.21. The highest BCUT2D eigenvalue weighted by atomic mass is 16.2. The number of carbonyl (C=O) groups is 1. The first kappa shape index (κ1) is 14.6. The van der Waals surface area contributed by atoms with Gasteiger partial charge in [0.2, 0.25) is 5.91 Å². The molecule has 1 saturated heterocycles. The van der Waals surface area contributed by atoms with Crippen molar-refractivity contribution < 1.29 is 4.79 Å². The fourth-order valence-electron chi connectivity index (χ4n) is 2.28. The van der Waals surface area contributed by atoms with E-state index in [1.807, 2.05) is 37.4 Å². The van der Waals surface area contributed by atoms with Crippen LogP contribution in [0.15, 0.2) is 30.3 Å². The van der Waals surface area contributed by atoms with Crippen LogP contribution in [0.4, 0.5) is 0 Å². The van der Waals surface area contributed by atoms with Gasteiger partial charge in [0.25, 0.3) is 0 Å². The van der Waals surface area contributed by atoms with E-state index in [9.17, 15) is 4.79 Å². The molecule has 0 saturated carbocycles. The number of hydrogen-bond donors (Lipinski definition) is 0. The lowest BCUT2D eigenvalue weighted by molar-refractivity contribution is -0.128. The molecule has 0 radical (unpaired) electrons. The number of hydrogen-bond acceptors (Lipinski definition) is 2. The highest BCUT2D eigenvalue weighted by molar-refractivity contribution is 5.78. The summed E-state index contributed by atoms with van der Waals surface area (Å²) in [5.41, 5.74) is 1.05. The lowest BCUT2D eigenvalue weighted by Crippen LogP contribution is -2.28. The fraction of sp³-hybridized carbons (Fsp3) is 0.471. The second-order valence-electron chi connectivity index (χ2n) is 5.25. The predicted octanol–water partition coefficient (Wildman–Crippen LogP) is 1.79. The molecular weight excluding hydrogens is 248 g/mol. The maximum atomic E-state index is 12.0. The topological polar surface area (TPSA) is 23.6 Å². The highest BCUT2D eigenvalue weighted by Crippen LogP contribution is 2.05. The van der Waals surface area contributed by atoms with Crippen LogP contribution in [0, 0.1) is 11.8 Å². The molecule has 1 aromatic carbocycles. The van der Waals surface area contributed by atoms with Gasteiger partial charge in [-0.1, -0.05) is 42.2 Å². The minimum absolute atomic E-state index is 0.117. The molecule has 1 aliphatic heterocycles. The van der Waals surface area contributed by atoms with E-state index in [0.717, 1.165) is 25.2 Å². The Kier molecular flexibility index (Phi) is 5.64. The second kappa shape index (κ2) is 7.72. The lowest BCUT2D eigenvalue weighted by atomic mass is 10.1. The summed E-state index contributed by atoms with van der Waals surface area (Å²) in [6, 6.07) is 9.83. The van der Waals surface area contributed by atoms with Crippen molar-refractivity contribution in [1.82, 2.24) is 9.80 Å². The van der Waals surface area contributed by atoms with Gasteiger partial charge in [-0.15, -0.1) is 0 Å². The van der Waals surface area contributed by atoms with Gasteiger partial charge in [-0.25, -0.2) is 0 Å². The van der Waals surface area contributed by atoms with Crippen LogP contribution >= 0.6 is 0 Å². The smallest absolute Gasteiger partial charge is 0.227 e. The Morgan fingerprint density at radius 1 is 1.20 bits per heavy atom. The van der Waals surface area contributed by atoms with Crippen LogP contribution in [0.1, 0.15) is 18.4 Å². The van der Waals surface area contributed by atoms with E-state index in [0.29, 0.717) is 13.0 Å². The van der Waals surface area contributed by atoms with Gasteiger partial charge >= 0.3 is 0 Å². The molecule has 0 atom stereocenters. The monoisotopic (exact) mass is 270 g/mol. The fourth-order valence-corrected chi connectivity index (χ4v) is 2.28. The van der Waals surface area contributed by atoms with Crippen molar-refractivity contribution in [3.8, 4) is 11.8 Å². The zero-order valence-electron chi connectivity index (χ0n) is 12.1. The van der Waals surface area contributed by atoms with Crippen molar-refractivity contribution in [3.63, 3.8) is 0 Å². The lowest BCUT2D eigenvalue weighted by Gasteiger charge is -2.14. The van der Waals surface area contributed by atoms with Gasteiger partial charge in [-0.3, -0.25) is 9.69 Å². The van der Waals surface area contributed by atoms with Crippen molar-refractivity contribution >= 4 is 5.91 Å². The Labute approximate surface area is 121 Å². The summed E-state index contributed by atoms with van der Waals surface area (Å²) >= 11 is 0. The number of rotatable bonds is 4. The minimum Gasteiger partial charge on any atom is -0.334 e. The van der Waals surface area contributed by atoms with Crippen LogP contribution in [0.3, 0.4) is 0 Å². The number of benzene rings is 1. The highest BCUT2D eigenvalue weighted by Gasteiger charge is 2.09. The van der Waals surface area contributed by atoms with E-state index in [2.05, 4.69) is 16.7 Å². The minimum atomic E-state index is 0.117. The van der Waals surface area contributed by atoms with Crippen LogP contribution in [0.5, 0.6) is 0 Å². The molecule has 0 unspecified atom stereocenters. The standard InChI is InChI=1S/C17H22N2O/c1-18(11-5-6-12-19-13-7-8-14-19)17(20)15-16-9-3-2-4-10-16/h2-4,9-10H,7-8,11-15H2,1H3. The van der Waals surface area contributed by atoms with Crippen molar-refractivity contribution in [3.05, 3.63) is 35.9 Å². The van der Waals surface area contributed by atoms with Crippen LogP contribution in [-0.2, 0) is 11.2 Å². The Morgan fingerprint density at radius 2 is 1.90 bits per heavy atom. The van der Waals surface area contributed by atoms with Gasteiger partial charge in [0, 0.05) is 7.05 Å². The molecule has 0 N–H and O–H groups in total. The van der Waals surface area contributed by atoms with E-state index < -0.39 is 0 Å². The van der Waals surface area contributed by atoms with Crippen molar-refractivity contribution in [2.24, 2.45) is 0 Å². The molecule has 0 bridgehead atoms. The molecule has 0 spiro atoms. The largest absolute Gasteiger partial charge is 0.334 e. The Balaban J connectivity index is 1.72. The molecule has 1 aliphatic rings. The Hall–Kier alpha value is -1.79. The maximum absolute atomic E-state index is 12.0. The Bertz CT molecular complexity index is 481. The summed E-state index contributed by atoms with van der Waals surface area (Å²) < 4.78 is 0. The number of nitrogens with zero attached hydrogens (tertiary/aromatic N) is 2. The van der Waals surface area contributed by atoms with Gasteiger partial charge in [0.05, 0.1) is 19.5 Å². The van der Waals surface area contributed by atoms with E-state index in [1.54, 1.807) is 4.90 Å². The van der Waals surface area contributed by atoms with Crippen LogP contribution in [-0.4, -0.2) is 48.9 Å². The average Bonchev–Trinajstić information content (AvgIpc) is 2.97. The summed E-state index contributed by atoms with van der Waals surface area (Å²) in [5.74, 6) is 6.37. The zero-order chi connectivity index (χ0) is 14.2. The first-order chi connectivity index (χ1) is 9.75. The summed E-state index contributed by atoms with van der Waals surface area (Å²) in [5, 5.41) is 0. The van der Waals surface area contributed by atoms with Crippen molar-refractivity contribution in [2.45, 2.75) is 19.3 Å². The van der Waals surface area contributed by atoms with Gasteiger partial charge in [-0.05, 0) is 31.5 Å². The molecule has 20 heavy (non-hydrogen) atoms. The van der Waals surface area contributed by atoms with Crippen molar-refractivity contribution in [2.75, 3.05) is 33.2 Å².